The van der Waals surface area contributed by atoms with Gasteiger partial charge in [0, 0.05) is 10.1 Å². The van der Waals surface area contributed by atoms with E-state index in [9.17, 15) is 9.18 Å². The lowest BCUT2D eigenvalue weighted by Gasteiger charge is -1.92. The van der Waals surface area contributed by atoms with Crippen molar-refractivity contribution in [3.8, 4) is 0 Å². The molecular formula is C9H4ClFO2S. The minimum atomic E-state index is -1.09. The van der Waals surface area contributed by atoms with Crippen LogP contribution in [0, 0.1) is 5.82 Å². The van der Waals surface area contributed by atoms with Crippen molar-refractivity contribution in [3.63, 3.8) is 0 Å². The van der Waals surface area contributed by atoms with Gasteiger partial charge in [-0.3, -0.25) is 0 Å². The van der Waals surface area contributed by atoms with Crippen molar-refractivity contribution in [1.82, 2.24) is 0 Å². The van der Waals surface area contributed by atoms with Gasteiger partial charge in [0.25, 0.3) is 0 Å². The monoisotopic (exact) mass is 230 g/mol. The van der Waals surface area contributed by atoms with Crippen molar-refractivity contribution in [2.24, 2.45) is 0 Å². The molecule has 0 fully saturated rings. The molecule has 0 aliphatic heterocycles. The lowest BCUT2D eigenvalue weighted by Crippen LogP contribution is -1.94. The van der Waals surface area contributed by atoms with Crippen LogP contribution < -0.4 is 0 Å². The summed E-state index contributed by atoms with van der Waals surface area (Å²) in [4.78, 5) is 10.8. The van der Waals surface area contributed by atoms with Gasteiger partial charge in [-0.1, -0.05) is 11.6 Å². The van der Waals surface area contributed by atoms with E-state index in [1.165, 1.54) is 18.2 Å². The number of aromatic carboxylic acids is 1. The fourth-order valence-corrected chi connectivity index (χ4v) is 2.62. The molecule has 0 amide bonds. The van der Waals surface area contributed by atoms with Crippen molar-refractivity contribution in [2.45, 2.75) is 0 Å². The number of fused-ring (bicyclic) bond motifs is 1. The van der Waals surface area contributed by atoms with E-state index in [4.69, 9.17) is 16.7 Å². The fourth-order valence-electron chi connectivity index (χ4n) is 1.24. The number of rotatable bonds is 1. The zero-order chi connectivity index (χ0) is 10.3. The second-order valence-electron chi connectivity index (χ2n) is 2.70. The van der Waals surface area contributed by atoms with Gasteiger partial charge in [-0.2, -0.15) is 0 Å². The number of carboxylic acid groups (broad SMARTS) is 1. The molecule has 5 heteroatoms. The molecule has 0 aliphatic carbocycles. The molecular weight excluding hydrogens is 227 g/mol. The quantitative estimate of drug-likeness (QED) is 0.815. The first-order valence-electron chi connectivity index (χ1n) is 3.70. The molecule has 1 aromatic carbocycles. The fraction of sp³-hybridized carbons (Fsp3) is 0. The summed E-state index contributed by atoms with van der Waals surface area (Å²) in [6.07, 6.45) is 0. The van der Waals surface area contributed by atoms with Gasteiger partial charge in [0.1, 0.15) is 10.2 Å². The van der Waals surface area contributed by atoms with Gasteiger partial charge in [0.2, 0.25) is 0 Å². The van der Waals surface area contributed by atoms with Crippen molar-refractivity contribution in [1.29, 1.82) is 0 Å². The maximum atomic E-state index is 12.8. The molecule has 2 aromatic rings. The molecule has 0 bridgehead atoms. The molecule has 1 heterocycles. The normalized spacial score (nSPS) is 10.7. The highest BCUT2D eigenvalue weighted by Crippen LogP contribution is 2.35. The van der Waals surface area contributed by atoms with Crippen molar-refractivity contribution >= 4 is 39.0 Å². The average Bonchev–Trinajstić information content (AvgIpc) is 2.39. The Bertz CT molecular complexity index is 521. The summed E-state index contributed by atoms with van der Waals surface area (Å²) in [7, 11) is 0. The highest BCUT2D eigenvalue weighted by molar-refractivity contribution is 7.23. The van der Waals surface area contributed by atoms with E-state index in [1.54, 1.807) is 0 Å². The molecule has 2 nitrogen and oxygen atoms in total. The van der Waals surface area contributed by atoms with Gasteiger partial charge >= 0.3 is 5.97 Å². The molecule has 0 aliphatic rings. The van der Waals surface area contributed by atoms with Gasteiger partial charge < -0.3 is 5.11 Å². The minimum Gasteiger partial charge on any atom is -0.478 e. The highest BCUT2D eigenvalue weighted by Gasteiger charge is 2.16. The van der Waals surface area contributed by atoms with Crippen LogP contribution in [-0.4, -0.2) is 11.1 Å². The van der Waals surface area contributed by atoms with Gasteiger partial charge in [0.15, 0.2) is 0 Å². The smallest absolute Gasteiger partial charge is 0.338 e. The van der Waals surface area contributed by atoms with E-state index < -0.39 is 11.8 Å². The van der Waals surface area contributed by atoms with Crippen molar-refractivity contribution in [3.05, 3.63) is 33.9 Å². The summed E-state index contributed by atoms with van der Waals surface area (Å²) in [6, 6.07) is 3.92. The Morgan fingerprint density at radius 2 is 2.21 bits per heavy atom. The summed E-state index contributed by atoms with van der Waals surface area (Å²) in [5, 5.41) is 9.33. The third-order valence-electron chi connectivity index (χ3n) is 1.82. The van der Waals surface area contributed by atoms with Crippen LogP contribution in [0.2, 0.25) is 4.34 Å². The number of halogens is 2. The van der Waals surface area contributed by atoms with Crippen LogP contribution in [-0.2, 0) is 0 Å². The summed E-state index contributed by atoms with van der Waals surface area (Å²) >= 11 is 6.80. The summed E-state index contributed by atoms with van der Waals surface area (Å²) < 4.78 is 13.5. The number of carboxylic acids is 1. The largest absolute Gasteiger partial charge is 0.478 e. The maximum Gasteiger partial charge on any atom is 0.338 e. The van der Waals surface area contributed by atoms with Crippen LogP contribution in [0.3, 0.4) is 0 Å². The Kier molecular flexibility index (Phi) is 2.17. The van der Waals surface area contributed by atoms with Crippen LogP contribution >= 0.6 is 22.9 Å². The van der Waals surface area contributed by atoms with Crippen LogP contribution in [0.4, 0.5) is 4.39 Å². The molecule has 0 atom stereocenters. The van der Waals surface area contributed by atoms with E-state index in [0.29, 0.717) is 10.1 Å². The second-order valence-corrected chi connectivity index (χ2v) is 4.35. The SMILES string of the molecule is O=C(O)c1c(Cl)sc2cc(F)ccc12. The zero-order valence-corrected chi connectivity index (χ0v) is 8.32. The second kappa shape index (κ2) is 3.22. The molecule has 0 spiro atoms. The molecule has 0 radical (unpaired) electrons. The van der Waals surface area contributed by atoms with E-state index in [1.807, 2.05) is 0 Å². The molecule has 0 unspecified atom stereocenters. The Morgan fingerprint density at radius 1 is 1.50 bits per heavy atom. The third kappa shape index (κ3) is 1.36. The zero-order valence-electron chi connectivity index (χ0n) is 6.75. The minimum absolute atomic E-state index is 0.0478. The van der Waals surface area contributed by atoms with Crippen molar-refractivity contribution < 1.29 is 14.3 Å². The Morgan fingerprint density at radius 3 is 2.86 bits per heavy atom. The van der Waals surface area contributed by atoms with E-state index in [0.717, 1.165) is 11.3 Å². The van der Waals surface area contributed by atoms with Crippen molar-refractivity contribution in [2.75, 3.05) is 0 Å². The molecule has 0 saturated carbocycles. The first kappa shape index (κ1) is 9.43. The summed E-state index contributed by atoms with van der Waals surface area (Å²) in [6.45, 7) is 0. The average molecular weight is 231 g/mol. The molecule has 2 rings (SSSR count). The number of thiophene rings is 1. The standard InChI is InChI=1S/C9H4ClFO2S/c10-8-7(9(12)13)5-2-1-4(11)3-6(5)14-8/h1-3H,(H,12,13). The van der Waals surface area contributed by atoms with E-state index in [2.05, 4.69) is 0 Å². The van der Waals surface area contributed by atoms with Crippen LogP contribution in [0.25, 0.3) is 10.1 Å². The van der Waals surface area contributed by atoms with Crippen LogP contribution in [0.15, 0.2) is 18.2 Å². The predicted molar refractivity (Wildman–Crippen MR) is 53.8 cm³/mol. The summed E-state index contributed by atoms with van der Waals surface area (Å²) in [5.41, 5.74) is 0.0478. The van der Waals surface area contributed by atoms with Gasteiger partial charge in [-0.15, -0.1) is 11.3 Å². The van der Waals surface area contributed by atoms with Crippen LogP contribution in [0.5, 0.6) is 0 Å². The molecule has 1 aromatic heterocycles. The summed E-state index contributed by atoms with van der Waals surface area (Å²) in [5.74, 6) is -1.49. The maximum absolute atomic E-state index is 12.8. The molecule has 72 valence electrons. The van der Waals surface area contributed by atoms with E-state index in [-0.39, 0.29) is 9.90 Å². The van der Waals surface area contributed by atoms with Gasteiger partial charge in [0.05, 0.1) is 5.56 Å². The van der Waals surface area contributed by atoms with E-state index >= 15 is 0 Å². The lowest BCUT2D eigenvalue weighted by atomic mass is 10.2. The lowest BCUT2D eigenvalue weighted by molar-refractivity contribution is 0.0699. The molecule has 1 N–H and O–H groups in total. The molecule has 0 saturated heterocycles. The third-order valence-corrected chi connectivity index (χ3v) is 3.18. The predicted octanol–water partition coefficient (Wildman–Crippen LogP) is 3.39. The number of benzene rings is 1. The van der Waals surface area contributed by atoms with Gasteiger partial charge in [-0.05, 0) is 18.2 Å². The first-order valence-corrected chi connectivity index (χ1v) is 4.90. The topological polar surface area (TPSA) is 37.3 Å². The van der Waals surface area contributed by atoms with Crippen LogP contribution in [0.1, 0.15) is 10.4 Å². The number of hydrogen-bond donors (Lipinski definition) is 1. The Balaban J connectivity index is 2.84. The number of carbonyl (C=O) groups is 1. The highest BCUT2D eigenvalue weighted by atomic mass is 35.5. The Labute approximate surface area is 87.5 Å². The first-order chi connectivity index (χ1) is 6.59. The number of hydrogen-bond acceptors (Lipinski definition) is 2. The van der Waals surface area contributed by atoms with Gasteiger partial charge in [-0.25, -0.2) is 9.18 Å². The Hall–Kier alpha value is -1.13. The molecule has 14 heavy (non-hydrogen) atoms.